The zero-order valence-electron chi connectivity index (χ0n) is 14.0. The normalized spacial score (nSPS) is 14.4. The van der Waals surface area contributed by atoms with Crippen LogP contribution in [0.3, 0.4) is 0 Å². The molecular weight excluding hydrogens is 310 g/mol. The molecule has 2 N–H and O–H groups in total. The molecular formula is C21H21N3O. The van der Waals surface area contributed by atoms with Crippen LogP contribution in [0.2, 0.25) is 0 Å². The number of para-hydroxylation sites is 1. The third kappa shape index (κ3) is 3.49. The van der Waals surface area contributed by atoms with Crippen LogP contribution in [0.5, 0.6) is 5.75 Å². The van der Waals surface area contributed by atoms with Crippen molar-refractivity contribution >= 4 is 5.69 Å². The molecule has 25 heavy (non-hydrogen) atoms. The molecule has 0 atom stereocenters. The van der Waals surface area contributed by atoms with Gasteiger partial charge in [-0.1, -0.05) is 48.5 Å². The van der Waals surface area contributed by atoms with Crippen molar-refractivity contribution in [2.24, 2.45) is 0 Å². The summed E-state index contributed by atoms with van der Waals surface area (Å²) in [6.07, 6.45) is 1.93. The van der Waals surface area contributed by atoms with Gasteiger partial charge in [-0.2, -0.15) is 0 Å². The highest BCUT2D eigenvalue weighted by Gasteiger charge is 2.16. The number of phenolic OH excluding ortho intramolecular Hbond substituents is 1. The summed E-state index contributed by atoms with van der Waals surface area (Å²) in [5.74, 6) is 0.361. The lowest BCUT2D eigenvalue weighted by Gasteiger charge is -2.20. The second-order valence-electron chi connectivity index (χ2n) is 6.36. The van der Waals surface area contributed by atoms with E-state index >= 15 is 0 Å². The van der Waals surface area contributed by atoms with E-state index in [0.29, 0.717) is 5.75 Å². The maximum atomic E-state index is 10.0. The minimum Gasteiger partial charge on any atom is -0.508 e. The Labute approximate surface area is 147 Å². The Morgan fingerprint density at radius 1 is 1.04 bits per heavy atom. The monoisotopic (exact) mass is 331 g/mol. The smallest absolute Gasteiger partial charge is 0.120 e. The predicted octanol–water partition coefficient (Wildman–Crippen LogP) is 3.88. The van der Waals surface area contributed by atoms with E-state index in [1.54, 1.807) is 6.07 Å². The van der Waals surface area contributed by atoms with Crippen LogP contribution in [0.1, 0.15) is 11.1 Å². The summed E-state index contributed by atoms with van der Waals surface area (Å²) < 4.78 is 0. The van der Waals surface area contributed by atoms with Crippen LogP contribution in [0.15, 0.2) is 66.9 Å². The molecule has 3 aromatic rings. The number of hydrogen-bond acceptors (Lipinski definition) is 4. The Hall–Kier alpha value is -2.85. The molecule has 2 heterocycles. The number of benzene rings is 2. The van der Waals surface area contributed by atoms with Crippen molar-refractivity contribution in [1.82, 2.24) is 9.88 Å². The molecule has 0 amide bonds. The molecule has 0 spiro atoms. The number of rotatable bonds is 3. The fourth-order valence-corrected chi connectivity index (χ4v) is 3.24. The van der Waals surface area contributed by atoms with Crippen LogP contribution in [0, 0.1) is 0 Å². The average molecular weight is 331 g/mol. The molecule has 0 unspecified atom stereocenters. The number of nitrogens with zero attached hydrogens (tertiary/aromatic N) is 2. The molecule has 126 valence electrons. The fourth-order valence-electron chi connectivity index (χ4n) is 3.24. The molecule has 4 heteroatoms. The van der Waals surface area contributed by atoms with Crippen molar-refractivity contribution in [1.29, 1.82) is 0 Å². The van der Waals surface area contributed by atoms with Crippen LogP contribution in [-0.2, 0) is 13.1 Å². The predicted molar refractivity (Wildman–Crippen MR) is 100 cm³/mol. The summed E-state index contributed by atoms with van der Waals surface area (Å²) in [4.78, 5) is 6.96. The molecule has 1 aromatic heterocycles. The molecule has 1 aliphatic heterocycles. The number of aromatic nitrogens is 1. The van der Waals surface area contributed by atoms with Gasteiger partial charge in [-0.25, -0.2) is 0 Å². The Morgan fingerprint density at radius 3 is 2.68 bits per heavy atom. The van der Waals surface area contributed by atoms with Crippen molar-refractivity contribution in [2.75, 3.05) is 18.4 Å². The second-order valence-corrected chi connectivity index (χ2v) is 6.36. The average Bonchev–Trinajstić information content (AvgIpc) is 2.85. The summed E-state index contributed by atoms with van der Waals surface area (Å²) in [6.45, 7) is 3.35. The Kier molecular flexibility index (Phi) is 4.36. The second kappa shape index (κ2) is 6.95. The number of aromatic hydroxyl groups is 1. The Bertz CT molecular complexity index is 864. The molecule has 0 saturated carbocycles. The molecule has 0 aliphatic carbocycles. The van der Waals surface area contributed by atoms with Crippen LogP contribution in [0.25, 0.3) is 11.3 Å². The van der Waals surface area contributed by atoms with E-state index < -0.39 is 0 Å². The minimum absolute atomic E-state index is 0.361. The van der Waals surface area contributed by atoms with Crippen LogP contribution in [-0.4, -0.2) is 28.1 Å². The molecule has 0 bridgehead atoms. The van der Waals surface area contributed by atoms with E-state index in [-0.39, 0.29) is 0 Å². The lowest BCUT2D eigenvalue weighted by atomic mass is 10.1. The van der Waals surface area contributed by atoms with Crippen molar-refractivity contribution in [3.63, 3.8) is 0 Å². The topological polar surface area (TPSA) is 48.4 Å². The molecule has 0 radical (unpaired) electrons. The minimum atomic E-state index is 0.361. The van der Waals surface area contributed by atoms with E-state index in [0.717, 1.165) is 48.7 Å². The molecule has 4 rings (SSSR count). The molecule has 0 saturated heterocycles. The van der Waals surface area contributed by atoms with E-state index in [1.807, 2.05) is 42.6 Å². The lowest BCUT2D eigenvalue weighted by molar-refractivity contribution is 0.268. The number of hydrogen-bond donors (Lipinski definition) is 2. The van der Waals surface area contributed by atoms with E-state index in [9.17, 15) is 5.11 Å². The van der Waals surface area contributed by atoms with E-state index in [1.165, 1.54) is 5.56 Å². The third-order valence-electron chi connectivity index (χ3n) is 4.58. The zero-order chi connectivity index (χ0) is 17.1. The highest BCUT2D eigenvalue weighted by atomic mass is 16.3. The van der Waals surface area contributed by atoms with Crippen molar-refractivity contribution in [3.8, 4) is 17.0 Å². The van der Waals surface area contributed by atoms with E-state index in [4.69, 9.17) is 0 Å². The molecule has 0 fully saturated rings. The highest BCUT2D eigenvalue weighted by Crippen LogP contribution is 2.27. The highest BCUT2D eigenvalue weighted by molar-refractivity contribution is 5.64. The van der Waals surface area contributed by atoms with Gasteiger partial charge in [0.1, 0.15) is 5.75 Å². The summed E-state index contributed by atoms with van der Waals surface area (Å²) in [6, 6.07) is 20.0. The molecule has 1 aliphatic rings. The van der Waals surface area contributed by atoms with Crippen LogP contribution in [0.4, 0.5) is 5.69 Å². The van der Waals surface area contributed by atoms with Gasteiger partial charge in [0, 0.05) is 37.3 Å². The molecule has 2 aromatic carbocycles. The summed E-state index contributed by atoms with van der Waals surface area (Å²) >= 11 is 0. The van der Waals surface area contributed by atoms with Gasteiger partial charge < -0.3 is 10.4 Å². The third-order valence-corrected chi connectivity index (χ3v) is 4.58. The first-order chi connectivity index (χ1) is 12.3. The van der Waals surface area contributed by atoms with Gasteiger partial charge in [0.05, 0.1) is 17.6 Å². The summed E-state index contributed by atoms with van der Waals surface area (Å²) in [7, 11) is 0. The van der Waals surface area contributed by atoms with Gasteiger partial charge in [0.25, 0.3) is 0 Å². The number of nitrogens with one attached hydrogen (secondary N) is 1. The lowest BCUT2D eigenvalue weighted by Crippen LogP contribution is -2.25. The number of pyridine rings is 1. The zero-order valence-corrected chi connectivity index (χ0v) is 14.0. The summed E-state index contributed by atoms with van der Waals surface area (Å²) in [5, 5.41) is 13.5. The number of phenols is 1. The van der Waals surface area contributed by atoms with Gasteiger partial charge in [-0.15, -0.1) is 0 Å². The van der Waals surface area contributed by atoms with Gasteiger partial charge in [-0.3, -0.25) is 9.88 Å². The fraction of sp³-hybridized carbons (Fsp3) is 0.190. The van der Waals surface area contributed by atoms with Crippen molar-refractivity contribution in [2.45, 2.75) is 13.1 Å². The first kappa shape index (κ1) is 15.7. The number of anilines is 1. The van der Waals surface area contributed by atoms with Gasteiger partial charge in [0.2, 0.25) is 0 Å². The van der Waals surface area contributed by atoms with Gasteiger partial charge in [-0.05, 0) is 17.7 Å². The van der Waals surface area contributed by atoms with Crippen LogP contribution < -0.4 is 5.32 Å². The van der Waals surface area contributed by atoms with Crippen LogP contribution >= 0.6 is 0 Å². The quantitative estimate of drug-likeness (QED) is 0.765. The SMILES string of the molecule is Oc1ccccc1CN1CCNc2cnc(-c3ccccc3)cc2C1. The molecule has 4 nitrogen and oxygen atoms in total. The van der Waals surface area contributed by atoms with E-state index in [2.05, 4.69) is 33.4 Å². The first-order valence-electron chi connectivity index (χ1n) is 8.57. The van der Waals surface area contributed by atoms with Gasteiger partial charge in [0.15, 0.2) is 0 Å². The first-order valence-corrected chi connectivity index (χ1v) is 8.57. The van der Waals surface area contributed by atoms with Crippen molar-refractivity contribution in [3.05, 3.63) is 78.0 Å². The van der Waals surface area contributed by atoms with Gasteiger partial charge >= 0.3 is 0 Å². The summed E-state index contributed by atoms with van der Waals surface area (Å²) in [5.41, 5.74) is 5.41. The Balaban J connectivity index is 1.60. The maximum Gasteiger partial charge on any atom is 0.120 e. The van der Waals surface area contributed by atoms with Crippen molar-refractivity contribution < 1.29 is 5.11 Å². The number of fused-ring (bicyclic) bond motifs is 1. The largest absolute Gasteiger partial charge is 0.508 e. The maximum absolute atomic E-state index is 10.0. The Morgan fingerprint density at radius 2 is 1.84 bits per heavy atom. The standard InChI is InChI=1S/C21H21N3O/c25-21-9-5-4-8-17(21)14-24-11-10-22-20-13-23-19(12-18(20)15-24)16-6-2-1-3-7-16/h1-9,12-13,22,25H,10-11,14-15H2.